The van der Waals surface area contributed by atoms with Gasteiger partial charge < -0.3 is 20.6 Å². The molecule has 0 atom stereocenters. The molecule has 1 saturated heterocycles. The maximum Gasteiger partial charge on any atom is 0.298 e. The number of pyridine rings is 1. The number of hydrogen-bond donors (Lipinski definition) is 2. The van der Waals surface area contributed by atoms with Crippen molar-refractivity contribution in [3.8, 4) is 0 Å². The maximum absolute atomic E-state index is 10.9. The number of morpholine rings is 1. The Hall–Kier alpha value is -2.42. The Labute approximate surface area is 108 Å². The Bertz CT molecular complexity index is 513. The number of hydrogen-bond acceptors (Lipinski definition) is 7. The van der Waals surface area contributed by atoms with Crippen LogP contribution >= 0.6 is 0 Å². The molecule has 1 aromatic heterocycles. The molecular formula is C10H13N5O4. The minimum atomic E-state index is -0.622. The average Bonchev–Trinajstić information content (AvgIpc) is 2.46. The highest BCUT2D eigenvalue weighted by atomic mass is 16.6. The van der Waals surface area contributed by atoms with Crippen LogP contribution in [0.2, 0.25) is 0 Å². The number of nitrogens with two attached hydrogens (primary N) is 1. The Kier molecular flexibility index (Phi) is 3.76. The van der Waals surface area contributed by atoms with Crippen molar-refractivity contribution in [3.63, 3.8) is 0 Å². The van der Waals surface area contributed by atoms with Gasteiger partial charge in [-0.25, -0.2) is 4.98 Å². The molecule has 0 unspecified atom stereocenters. The second-order valence-electron chi connectivity index (χ2n) is 3.88. The number of ether oxygens (including phenoxy) is 1. The number of aromatic nitrogens is 1. The summed E-state index contributed by atoms with van der Waals surface area (Å²) in [6.07, 6.45) is 0. The number of rotatable bonds is 3. The van der Waals surface area contributed by atoms with Crippen LogP contribution in [-0.2, 0) is 4.74 Å². The van der Waals surface area contributed by atoms with Crippen LogP contribution in [0, 0.1) is 10.1 Å². The molecule has 19 heavy (non-hydrogen) atoms. The van der Waals surface area contributed by atoms with Crippen LogP contribution in [0.1, 0.15) is 5.69 Å². The minimum Gasteiger partial charge on any atom is -0.409 e. The Morgan fingerprint density at radius 3 is 2.79 bits per heavy atom. The third-order valence-corrected chi connectivity index (χ3v) is 2.74. The quantitative estimate of drug-likeness (QED) is 0.258. The number of nitro groups is 1. The van der Waals surface area contributed by atoms with E-state index in [0.29, 0.717) is 32.1 Å². The number of amidine groups is 1. The highest BCUT2D eigenvalue weighted by molar-refractivity contribution is 5.99. The summed E-state index contributed by atoms with van der Waals surface area (Å²) in [5.41, 5.74) is 4.98. The van der Waals surface area contributed by atoms with Gasteiger partial charge in [0.25, 0.3) is 5.69 Å². The van der Waals surface area contributed by atoms with Crippen LogP contribution < -0.4 is 10.6 Å². The molecule has 0 bridgehead atoms. The molecule has 9 heteroatoms. The van der Waals surface area contributed by atoms with Crippen LogP contribution in [0.4, 0.5) is 11.5 Å². The first-order chi connectivity index (χ1) is 9.13. The van der Waals surface area contributed by atoms with Gasteiger partial charge in [-0.05, 0) is 6.07 Å². The van der Waals surface area contributed by atoms with Crippen LogP contribution in [0.15, 0.2) is 17.3 Å². The van der Waals surface area contributed by atoms with Gasteiger partial charge in [0, 0.05) is 19.2 Å². The lowest BCUT2D eigenvalue weighted by Crippen LogP contribution is -2.37. The van der Waals surface area contributed by atoms with Crippen molar-refractivity contribution in [1.82, 2.24) is 4.98 Å². The average molecular weight is 267 g/mol. The van der Waals surface area contributed by atoms with Gasteiger partial charge in [-0.1, -0.05) is 5.16 Å². The van der Waals surface area contributed by atoms with Gasteiger partial charge in [-0.2, -0.15) is 0 Å². The highest BCUT2D eigenvalue weighted by Crippen LogP contribution is 2.21. The van der Waals surface area contributed by atoms with E-state index in [2.05, 4.69) is 10.1 Å². The van der Waals surface area contributed by atoms with Crippen molar-refractivity contribution in [3.05, 3.63) is 27.9 Å². The Morgan fingerprint density at radius 1 is 1.53 bits per heavy atom. The third-order valence-electron chi connectivity index (χ3n) is 2.74. The van der Waals surface area contributed by atoms with Gasteiger partial charge in [0.1, 0.15) is 5.82 Å². The fourth-order valence-electron chi connectivity index (χ4n) is 1.79. The van der Waals surface area contributed by atoms with Gasteiger partial charge in [0.2, 0.25) is 0 Å². The minimum absolute atomic E-state index is 0.142. The molecular weight excluding hydrogens is 254 g/mol. The SMILES string of the molecule is N/C(=N/O)c1nc(N2CCOCC2)ccc1[N+](=O)[O-]. The summed E-state index contributed by atoms with van der Waals surface area (Å²) < 4.78 is 5.22. The van der Waals surface area contributed by atoms with Crippen molar-refractivity contribution in [1.29, 1.82) is 0 Å². The Balaban J connectivity index is 2.40. The van der Waals surface area contributed by atoms with Gasteiger partial charge in [0.15, 0.2) is 11.5 Å². The molecule has 3 N–H and O–H groups in total. The molecule has 9 nitrogen and oxygen atoms in total. The van der Waals surface area contributed by atoms with E-state index in [1.165, 1.54) is 12.1 Å². The Morgan fingerprint density at radius 2 is 2.21 bits per heavy atom. The number of oxime groups is 1. The second kappa shape index (κ2) is 5.48. The van der Waals surface area contributed by atoms with Crippen LogP contribution in [0.3, 0.4) is 0 Å². The van der Waals surface area contributed by atoms with Crippen molar-refractivity contribution in [2.45, 2.75) is 0 Å². The van der Waals surface area contributed by atoms with E-state index in [9.17, 15) is 10.1 Å². The lowest BCUT2D eigenvalue weighted by atomic mass is 10.2. The molecule has 1 aromatic rings. The van der Waals surface area contributed by atoms with Crippen LogP contribution in [0.5, 0.6) is 0 Å². The van der Waals surface area contributed by atoms with Crippen molar-refractivity contribution in [2.24, 2.45) is 10.9 Å². The molecule has 1 aliphatic heterocycles. The van der Waals surface area contributed by atoms with E-state index in [-0.39, 0.29) is 17.2 Å². The van der Waals surface area contributed by atoms with E-state index in [4.69, 9.17) is 15.7 Å². The molecule has 1 fully saturated rings. The van der Waals surface area contributed by atoms with Crippen molar-refractivity contribution < 1.29 is 14.9 Å². The number of nitrogens with zero attached hydrogens (tertiary/aromatic N) is 4. The predicted molar refractivity (Wildman–Crippen MR) is 66.4 cm³/mol. The van der Waals surface area contributed by atoms with Crippen molar-refractivity contribution >= 4 is 17.3 Å². The van der Waals surface area contributed by atoms with E-state index in [1.807, 2.05) is 4.90 Å². The zero-order chi connectivity index (χ0) is 13.8. The lowest BCUT2D eigenvalue weighted by molar-refractivity contribution is -0.385. The van der Waals surface area contributed by atoms with Crippen LogP contribution in [0.25, 0.3) is 0 Å². The first-order valence-corrected chi connectivity index (χ1v) is 5.59. The summed E-state index contributed by atoms with van der Waals surface area (Å²) >= 11 is 0. The molecule has 0 spiro atoms. The van der Waals surface area contributed by atoms with Crippen molar-refractivity contribution in [2.75, 3.05) is 31.2 Å². The fourth-order valence-corrected chi connectivity index (χ4v) is 1.79. The van der Waals surface area contributed by atoms with E-state index in [1.54, 1.807) is 0 Å². The van der Waals surface area contributed by atoms with Gasteiger partial charge >= 0.3 is 0 Å². The molecule has 0 radical (unpaired) electrons. The predicted octanol–water partition coefficient (Wildman–Crippen LogP) is -0.0791. The normalized spacial score (nSPS) is 16.4. The standard InChI is InChI=1S/C10H13N5O4/c11-10(13-16)9-7(15(17)18)1-2-8(12-9)14-3-5-19-6-4-14/h1-2,16H,3-6H2,(H2,11,13). The topological polar surface area (TPSA) is 127 Å². The van der Waals surface area contributed by atoms with E-state index >= 15 is 0 Å². The summed E-state index contributed by atoms with van der Waals surface area (Å²) in [6.45, 7) is 2.41. The molecule has 102 valence electrons. The first-order valence-electron chi connectivity index (χ1n) is 5.59. The fraction of sp³-hybridized carbons (Fsp3) is 0.400. The zero-order valence-corrected chi connectivity index (χ0v) is 10.0. The smallest absolute Gasteiger partial charge is 0.298 e. The summed E-state index contributed by atoms with van der Waals surface area (Å²) in [5.74, 6) is 0.150. The summed E-state index contributed by atoms with van der Waals surface area (Å²) in [7, 11) is 0. The van der Waals surface area contributed by atoms with E-state index in [0.717, 1.165) is 0 Å². The zero-order valence-electron chi connectivity index (χ0n) is 10.0. The van der Waals surface area contributed by atoms with Gasteiger partial charge in [-0.15, -0.1) is 0 Å². The third kappa shape index (κ3) is 2.71. The van der Waals surface area contributed by atoms with Gasteiger partial charge in [-0.3, -0.25) is 10.1 Å². The molecule has 0 saturated carbocycles. The summed E-state index contributed by atoms with van der Waals surface area (Å²) in [4.78, 5) is 16.3. The monoisotopic (exact) mass is 267 g/mol. The summed E-state index contributed by atoms with van der Waals surface area (Å²) in [6, 6.07) is 2.84. The molecule has 0 aromatic carbocycles. The maximum atomic E-state index is 10.9. The first kappa shape index (κ1) is 13.0. The molecule has 1 aliphatic rings. The molecule has 0 amide bonds. The van der Waals surface area contributed by atoms with Gasteiger partial charge in [0.05, 0.1) is 18.1 Å². The molecule has 2 heterocycles. The lowest BCUT2D eigenvalue weighted by Gasteiger charge is -2.27. The van der Waals surface area contributed by atoms with Crippen LogP contribution in [-0.4, -0.2) is 47.3 Å². The number of anilines is 1. The largest absolute Gasteiger partial charge is 0.409 e. The molecule has 0 aliphatic carbocycles. The second-order valence-corrected chi connectivity index (χ2v) is 3.88. The molecule has 2 rings (SSSR count). The summed E-state index contributed by atoms with van der Waals surface area (Å²) in [5, 5.41) is 22.3. The van der Waals surface area contributed by atoms with E-state index < -0.39 is 4.92 Å². The highest BCUT2D eigenvalue weighted by Gasteiger charge is 2.22.